The smallest absolute Gasteiger partial charge is 0.228 e. The molecular formula is C24H32N4O2. The maximum absolute atomic E-state index is 11.7. The van der Waals surface area contributed by atoms with Crippen molar-refractivity contribution in [2.24, 2.45) is 11.5 Å². The average Bonchev–Trinajstić information content (AvgIpc) is 2.81. The van der Waals surface area contributed by atoms with Crippen molar-refractivity contribution in [2.45, 2.75) is 36.5 Å². The molecule has 2 aromatic rings. The minimum Gasteiger partial charge on any atom is -0.369 e. The van der Waals surface area contributed by atoms with Gasteiger partial charge in [-0.1, -0.05) is 60.7 Å². The summed E-state index contributed by atoms with van der Waals surface area (Å²) in [6.07, 6.45) is 3.19. The molecule has 2 amide bonds. The highest BCUT2D eigenvalue weighted by Crippen LogP contribution is 2.33. The maximum atomic E-state index is 11.7. The molecule has 0 saturated carbocycles. The van der Waals surface area contributed by atoms with Crippen molar-refractivity contribution in [3.63, 3.8) is 0 Å². The number of benzene rings is 2. The van der Waals surface area contributed by atoms with Crippen LogP contribution in [0.1, 0.15) is 36.8 Å². The first-order valence-electron chi connectivity index (χ1n) is 10.6. The number of hydrogen-bond acceptors (Lipinski definition) is 4. The fourth-order valence-corrected chi connectivity index (χ4v) is 4.58. The van der Waals surface area contributed by atoms with Gasteiger partial charge in [-0.25, -0.2) is 0 Å². The van der Waals surface area contributed by atoms with Crippen LogP contribution in [0.25, 0.3) is 0 Å². The van der Waals surface area contributed by atoms with E-state index in [-0.39, 0.29) is 11.8 Å². The fraction of sp³-hybridized carbons (Fsp3) is 0.417. The summed E-state index contributed by atoms with van der Waals surface area (Å²) in [5, 5.41) is 6.51. The summed E-state index contributed by atoms with van der Waals surface area (Å²) in [6.45, 7) is 3.44. The van der Waals surface area contributed by atoms with Crippen LogP contribution in [0, 0.1) is 0 Å². The molecule has 160 valence electrons. The molecule has 0 radical (unpaired) electrons. The van der Waals surface area contributed by atoms with Crippen molar-refractivity contribution in [2.75, 3.05) is 26.2 Å². The number of primary amides is 2. The van der Waals surface area contributed by atoms with Crippen LogP contribution in [-0.4, -0.2) is 38.0 Å². The Labute approximate surface area is 178 Å². The SMILES string of the molecule is NC(=O)C1(c2ccccc2)CCNCC1.NC(=O)C1(c2ccccc2)CCNCC1. The standard InChI is InChI=1S/2C12H16N2O/c2*13-11(15)12(6-8-14-9-7-12)10-4-2-1-3-5-10/h2*1-5,14H,6-9H2,(H2,13,15). The van der Waals surface area contributed by atoms with E-state index >= 15 is 0 Å². The van der Waals surface area contributed by atoms with Crippen LogP contribution in [0.3, 0.4) is 0 Å². The molecule has 6 N–H and O–H groups in total. The lowest BCUT2D eigenvalue weighted by Crippen LogP contribution is -2.48. The normalized spacial score (nSPS) is 19.7. The summed E-state index contributed by atoms with van der Waals surface area (Å²) in [5.41, 5.74) is 12.3. The molecule has 0 atom stereocenters. The molecule has 2 aliphatic heterocycles. The Morgan fingerprint density at radius 1 is 0.600 bits per heavy atom. The van der Waals surface area contributed by atoms with Crippen molar-refractivity contribution in [3.8, 4) is 0 Å². The number of rotatable bonds is 4. The number of carbonyl (C=O) groups excluding carboxylic acids is 2. The van der Waals surface area contributed by atoms with E-state index in [1.807, 2.05) is 60.7 Å². The molecule has 2 aromatic carbocycles. The minimum atomic E-state index is -0.452. The number of nitrogens with one attached hydrogen (secondary N) is 2. The highest BCUT2D eigenvalue weighted by atomic mass is 16.1. The lowest BCUT2D eigenvalue weighted by atomic mass is 9.72. The molecule has 30 heavy (non-hydrogen) atoms. The van der Waals surface area contributed by atoms with Crippen molar-refractivity contribution in [1.29, 1.82) is 0 Å². The quantitative estimate of drug-likeness (QED) is 0.616. The van der Waals surface area contributed by atoms with E-state index in [0.29, 0.717) is 0 Å². The van der Waals surface area contributed by atoms with E-state index in [9.17, 15) is 9.59 Å². The van der Waals surface area contributed by atoms with Gasteiger partial charge < -0.3 is 22.1 Å². The van der Waals surface area contributed by atoms with Crippen LogP contribution in [0.5, 0.6) is 0 Å². The van der Waals surface area contributed by atoms with Gasteiger partial charge in [-0.3, -0.25) is 9.59 Å². The van der Waals surface area contributed by atoms with Crippen LogP contribution < -0.4 is 22.1 Å². The third-order valence-electron chi connectivity index (χ3n) is 6.51. The third kappa shape index (κ3) is 4.55. The zero-order valence-electron chi connectivity index (χ0n) is 17.4. The number of nitrogens with two attached hydrogens (primary N) is 2. The lowest BCUT2D eigenvalue weighted by molar-refractivity contribution is -0.125. The molecule has 2 fully saturated rings. The second-order valence-corrected chi connectivity index (χ2v) is 8.12. The summed E-state index contributed by atoms with van der Waals surface area (Å²) in [5.74, 6) is -0.398. The molecule has 0 bridgehead atoms. The van der Waals surface area contributed by atoms with Crippen molar-refractivity contribution in [1.82, 2.24) is 10.6 Å². The summed E-state index contributed by atoms with van der Waals surface area (Å²) in [7, 11) is 0. The average molecular weight is 409 g/mol. The number of piperidine rings is 2. The molecule has 0 spiro atoms. The molecule has 2 saturated heterocycles. The molecule has 2 aliphatic rings. The molecule has 6 heteroatoms. The summed E-state index contributed by atoms with van der Waals surface area (Å²) in [4.78, 5) is 23.3. The minimum absolute atomic E-state index is 0.199. The van der Waals surface area contributed by atoms with Crippen LogP contribution in [0.4, 0.5) is 0 Å². The van der Waals surface area contributed by atoms with E-state index in [1.54, 1.807) is 0 Å². The molecule has 0 aliphatic carbocycles. The topological polar surface area (TPSA) is 110 Å². The summed E-state index contributed by atoms with van der Waals surface area (Å²) < 4.78 is 0. The van der Waals surface area contributed by atoms with Crippen LogP contribution in [0.2, 0.25) is 0 Å². The van der Waals surface area contributed by atoms with E-state index in [0.717, 1.165) is 63.0 Å². The van der Waals surface area contributed by atoms with E-state index in [1.165, 1.54) is 0 Å². The first-order valence-corrected chi connectivity index (χ1v) is 10.6. The molecule has 0 unspecified atom stereocenters. The van der Waals surface area contributed by atoms with E-state index < -0.39 is 10.8 Å². The maximum Gasteiger partial charge on any atom is 0.228 e. The Balaban J connectivity index is 0.000000171. The fourth-order valence-electron chi connectivity index (χ4n) is 4.58. The monoisotopic (exact) mass is 408 g/mol. The first kappa shape index (κ1) is 22.0. The Bertz CT molecular complexity index is 755. The molecule has 4 rings (SSSR count). The van der Waals surface area contributed by atoms with Gasteiger partial charge in [0.05, 0.1) is 10.8 Å². The Hall–Kier alpha value is -2.70. The predicted octanol–water partition coefficient (Wildman–Crippen LogP) is 1.59. The van der Waals surface area contributed by atoms with E-state index in [4.69, 9.17) is 11.5 Å². The Kier molecular flexibility index (Phi) is 7.24. The van der Waals surface area contributed by atoms with Crippen molar-refractivity contribution in [3.05, 3.63) is 71.8 Å². The van der Waals surface area contributed by atoms with Gasteiger partial charge in [-0.15, -0.1) is 0 Å². The number of hydrogen-bond donors (Lipinski definition) is 4. The summed E-state index contributed by atoms with van der Waals surface area (Å²) >= 11 is 0. The van der Waals surface area contributed by atoms with Gasteiger partial charge in [0.15, 0.2) is 0 Å². The molecule has 6 nitrogen and oxygen atoms in total. The van der Waals surface area contributed by atoms with Crippen LogP contribution in [-0.2, 0) is 20.4 Å². The molecular weight excluding hydrogens is 376 g/mol. The summed E-state index contributed by atoms with van der Waals surface area (Å²) in [6, 6.07) is 19.7. The van der Waals surface area contributed by atoms with Crippen LogP contribution in [0.15, 0.2) is 60.7 Å². The number of amides is 2. The second kappa shape index (κ2) is 9.87. The highest BCUT2D eigenvalue weighted by Gasteiger charge is 2.40. The van der Waals surface area contributed by atoms with Gasteiger partial charge in [-0.2, -0.15) is 0 Å². The Morgan fingerprint density at radius 3 is 1.17 bits per heavy atom. The zero-order chi connectivity index (χ0) is 21.5. The van der Waals surface area contributed by atoms with Gasteiger partial charge in [0.2, 0.25) is 11.8 Å². The lowest BCUT2D eigenvalue weighted by Gasteiger charge is -2.35. The van der Waals surface area contributed by atoms with Gasteiger partial charge >= 0.3 is 0 Å². The first-order chi connectivity index (χ1) is 14.5. The van der Waals surface area contributed by atoms with Gasteiger partial charge in [0.1, 0.15) is 0 Å². The zero-order valence-corrected chi connectivity index (χ0v) is 17.4. The predicted molar refractivity (Wildman–Crippen MR) is 119 cm³/mol. The third-order valence-corrected chi connectivity index (χ3v) is 6.51. The van der Waals surface area contributed by atoms with Gasteiger partial charge in [0, 0.05) is 0 Å². The van der Waals surface area contributed by atoms with Crippen molar-refractivity contribution >= 4 is 11.8 Å². The largest absolute Gasteiger partial charge is 0.369 e. The van der Waals surface area contributed by atoms with Gasteiger partial charge in [0.25, 0.3) is 0 Å². The highest BCUT2D eigenvalue weighted by molar-refractivity contribution is 5.87. The van der Waals surface area contributed by atoms with Gasteiger partial charge in [-0.05, 0) is 63.0 Å². The van der Waals surface area contributed by atoms with Crippen LogP contribution >= 0.6 is 0 Å². The second-order valence-electron chi connectivity index (χ2n) is 8.12. The Morgan fingerprint density at radius 2 is 0.900 bits per heavy atom. The molecule has 2 heterocycles. The van der Waals surface area contributed by atoms with E-state index in [2.05, 4.69) is 10.6 Å². The van der Waals surface area contributed by atoms with Crippen molar-refractivity contribution < 1.29 is 9.59 Å². The molecule has 0 aromatic heterocycles. The number of carbonyl (C=O) groups is 2.